The summed E-state index contributed by atoms with van der Waals surface area (Å²) in [6.07, 6.45) is 5.01. The molecule has 7 nitrogen and oxygen atoms in total. The van der Waals surface area contributed by atoms with Crippen molar-refractivity contribution in [2.24, 2.45) is 0 Å². The molecule has 0 fully saturated rings. The van der Waals surface area contributed by atoms with Gasteiger partial charge >= 0.3 is 0 Å². The van der Waals surface area contributed by atoms with Gasteiger partial charge in [0.05, 0.1) is 27.3 Å². The number of para-hydroxylation sites is 1. The molecule has 0 atom stereocenters. The lowest BCUT2D eigenvalue weighted by Gasteiger charge is -2.21. The van der Waals surface area contributed by atoms with Crippen molar-refractivity contribution < 1.29 is 13.2 Å². The monoisotopic (exact) mass is 554 g/mol. The van der Waals surface area contributed by atoms with Crippen LogP contribution in [0.25, 0.3) is 10.2 Å². The molecular weight excluding hydrogens is 528 g/mol. The first kappa shape index (κ1) is 25.2. The Morgan fingerprint density at radius 1 is 1.00 bits per heavy atom. The second-order valence-corrected chi connectivity index (χ2v) is 12.3. The van der Waals surface area contributed by atoms with Crippen LogP contribution in [0.4, 0.5) is 10.8 Å². The molecular formula is C30H26N4O3S2. The first-order valence-corrected chi connectivity index (χ1v) is 15.0. The van der Waals surface area contributed by atoms with Crippen LogP contribution in [0.3, 0.4) is 0 Å². The fourth-order valence-corrected chi connectivity index (χ4v) is 7.33. The lowest BCUT2D eigenvalue weighted by atomic mass is 10.2. The van der Waals surface area contributed by atoms with Gasteiger partial charge in [0.15, 0.2) is 5.13 Å². The molecule has 0 N–H and O–H groups in total. The second kappa shape index (κ2) is 10.2. The molecule has 3 heterocycles. The Bertz CT molecular complexity index is 1770. The molecule has 0 radical (unpaired) electrons. The lowest BCUT2D eigenvalue weighted by Crippen LogP contribution is -2.31. The van der Waals surface area contributed by atoms with Crippen LogP contribution in [0.15, 0.2) is 96.2 Å². The zero-order valence-corrected chi connectivity index (χ0v) is 23.0. The highest BCUT2D eigenvalue weighted by Crippen LogP contribution is 2.34. The molecule has 1 aliphatic rings. The maximum atomic E-state index is 13.8. The molecule has 2 aromatic heterocycles. The predicted octanol–water partition coefficient (Wildman–Crippen LogP) is 5.85. The molecule has 5 aromatic rings. The van der Waals surface area contributed by atoms with Crippen molar-refractivity contribution in [1.29, 1.82) is 0 Å². The van der Waals surface area contributed by atoms with Gasteiger partial charge in [0.25, 0.3) is 15.9 Å². The van der Waals surface area contributed by atoms with Crippen molar-refractivity contribution in [3.8, 4) is 0 Å². The maximum absolute atomic E-state index is 13.8. The highest BCUT2D eigenvalue weighted by atomic mass is 32.2. The molecule has 39 heavy (non-hydrogen) atoms. The highest BCUT2D eigenvalue weighted by molar-refractivity contribution is 7.92. The summed E-state index contributed by atoms with van der Waals surface area (Å²) in [6.45, 7) is 2.80. The third kappa shape index (κ3) is 4.79. The summed E-state index contributed by atoms with van der Waals surface area (Å²) in [7, 11) is -3.75. The van der Waals surface area contributed by atoms with Crippen molar-refractivity contribution in [2.75, 3.05) is 15.7 Å². The molecule has 0 saturated carbocycles. The quantitative estimate of drug-likeness (QED) is 0.252. The van der Waals surface area contributed by atoms with Gasteiger partial charge in [-0.2, -0.15) is 0 Å². The van der Waals surface area contributed by atoms with Crippen LogP contribution in [-0.4, -0.2) is 30.8 Å². The van der Waals surface area contributed by atoms with E-state index in [4.69, 9.17) is 4.98 Å². The van der Waals surface area contributed by atoms with Crippen molar-refractivity contribution in [3.63, 3.8) is 0 Å². The number of fused-ring (bicyclic) bond motifs is 2. The normalized spacial score (nSPS) is 13.0. The third-order valence-electron chi connectivity index (χ3n) is 6.92. The van der Waals surface area contributed by atoms with Crippen LogP contribution in [0, 0.1) is 0 Å². The Hall–Kier alpha value is -4.08. The Balaban J connectivity index is 1.32. The summed E-state index contributed by atoms with van der Waals surface area (Å²) in [4.78, 5) is 24.6. The minimum absolute atomic E-state index is 0.154. The number of benzene rings is 3. The van der Waals surface area contributed by atoms with Gasteiger partial charge in [-0.3, -0.25) is 19.0 Å². The average Bonchev–Trinajstić information content (AvgIpc) is 3.60. The molecule has 1 amide bonds. The van der Waals surface area contributed by atoms with E-state index in [9.17, 15) is 13.2 Å². The number of aromatic nitrogens is 2. The third-order valence-corrected chi connectivity index (χ3v) is 9.79. The Morgan fingerprint density at radius 3 is 2.59 bits per heavy atom. The van der Waals surface area contributed by atoms with E-state index in [1.807, 2.05) is 42.5 Å². The fraction of sp³-hybridized carbons (Fsp3) is 0.167. The zero-order chi connectivity index (χ0) is 27.0. The van der Waals surface area contributed by atoms with Crippen LogP contribution in [0.5, 0.6) is 0 Å². The van der Waals surface area contributed by atoms with Crippen LogP contribution in [0.1, 0.15) is 34.0 Å². The number of hydrogen-bond acceptors (Lipinski definition) is 6. The standard InChI is InChI=1S/C30H26N4O3S2/c1-2-21-9-14-26-28(18-21)38-30(32-26)33(20-22-6-5-16-31-19-22)29(35)24-10-12-25(13-11-24)39(36,37)34-17-15-23-7-3-4-8-27(23)34/h3-14,16,18-19H,2,15,17,20H2,1H3. The zero-order valence-electron chi connectivity index (χ0n) is 21.3. The molecule has 3 aromatic carbocycles. The largest absolute Gasteiger partial charge is 0.279 e. The van der Waals surface area contributed by atoms with Gasteiger partial charge in [-0.25, -0.2) is 13.4 Å². The minimum Gasteiger partial charge on any atom is -0.279 e. The molecule has 9 heteroatoms. The highest BCUT2D eigenvalue weighted by Gasteiger charge is 2.31. The predicted molar refractivity (Wildman–Crippen MR) is 155 cm³/mol. The summed E-state index contributed by atoms with van der Waals surface area (Å²) >= 11 is 1.47. The summed E-state index contributed by atoms with van der Waals surface area (Å²) in [5, 5.41) is 0.581. The van der Waals surface area contributed by atoms with Gasteiger partial charge < -0.3 is 0 Å². The van der Waals surface area contributed by atoms with E-state index in [0.717, 1.165) is 27.8 Å². The van der Waals surface area contributed by atoms with Crippen molar-refractivity contribution in [3.05, 3.63) is 114 Å². The van der Waals surface area contributed by atoms with E-state index in [2.05, 4.69) is 24.0 Å². The number of amides is 1. The Kier molecular flexibility index (Phi) is 6.62. The van der Waals surface area contributed by atoms with E-state index in [1.165, 1.54) is 33.3 Å². The van der Waals surface area contributed by atoms with Gasteiger partial charge in [0, 0.05) is 24.5 Å². The number of rotatable bonds is 7. The maximum Gasteiger partial charge on any atom is 0.264 e. The summed E-state index contributed by atoms with van der Waals surface area (Å²) in [5.74, 6) is -0.260. The molecule has 0 saturated heterocycles. The average molecular weight is 555 g/mol. The van der Waals surface area contributed by atoms with Gasteiger partial charge in [0.2, 0.25) is 0 Å². The van der Waals surface area contributed by atoms with Crippen LogP contribution in [0.2, 0.25) is 0 Å². The van der Waals surface area contributed by atoms with E-state index >= 15 is 0 Å². The van der Waals surface area contributed by atoms with Gasteiger partial charge in [-0.05, 0) is 78.1 Å². The van der Waals surface area contributed by atoms with Gasteiger partial charge in [-0.1, -0.05) is 48.6 Å². The van der Waals surface area contributed by atoms with E-state index in [0.29, 0.717) is 29.3 Å². The SMILES string of the molecule is CCc1ccc2nc(N(Cc3cccnc3)C(=O)c3ccc(S(=O)(=O)N4CCc5ccccc54)cc3)sc2c1. The summed E-state index contributed by atoms with van der Waals surface area (Å²) in [5.41, 5.74) is 5.02. The van der Waals surface area contributed by atoms with E-state index in [-0.39, 0.29) is 17.3 Å². The number of thiazole rings is 1. The van der Waals surface area contributed by atoms with Crippen LogP contribution >= 0.6 is 11.3 Å². The number of nitrogens with zero attached hydrogens (tertiary/aromatic N) is 4. The van der Waals surface area contributed by atoms with Crippen LogP contribution < -0.4 is 9.21 Å². The molecule has 0 unspecified atom stereocenters. The molecule has 0 aliphatic carbocycles. The van der Waals surface area contributed by atoms with Crippen LogP contribution in [-0.2, 0) is 29.4 Å². The molecule has 0 spiro atoms. The molecule has 1 aliphatic heterocycles. The number of aryl methyl sites for hydroxylation is 1. The smallest absolute Gasteiger partial charge is 0.264 e. The molecule has 6 rings (SSSR count). The fourth-order valence-electron chi connectivity index (χ4n) is 4.80. The van der Waals surface area contributed by atoms with E-state index in [1.54, 1.807) is 29.4 Å². The topological polar surface area (TPSA) is 83.5 Å². The first-order valence-electron chi connectivity index (χ1n) is 12.7. The first-order chi connectivity index (χ1) is 18.9. The second-order valence-electron chi connectivity index (χ2n) is 9.38. The Labute approximate surface area is 231 Å². The number of hydrogen-bond donors (Lipinski definition) is 0. The van der Waals surface area contributed by atoms with Crippen molar-refractivity contribution >= 4 is 48.3 Å². The number of anilines is 2. The van der Waals surface area contributed by atoms with Gasteiger partial charge in [-0.15, -0.1) is 0 Å². The number of sulfonamides is 1. The number of carbonyl (C=O) groups excluding carboxylic acids is 1. The minimum atomic E-state index is -3.75. The summed E-state index contributed by atoms with van der Waals surface area (Å²) < 4.78 is 29.3. The molecule has 196 valence electrons. The molecule has 0 bridgehead atoms. The van der Waals surface area contributed by atoms with Crippen molar-refractivity contribution in [1.82, 2.24) is 9.97 Å². The lowest BCUT2D eigenvalue weighted by molar-refractivity contribution is 0.0985. The number of pyridine rings is 1. The number of carbonyl (C=O) groups is 1. The van der Waals surface area contributed by atoms with Crippen molar-refractivity contribution in [2.45, 2.75) is 31.2 Å². The Morgan fingerprint density at radius 2 is 1.82 bits per heavy atom. The summed E-state index contributed by atoms with van der Waals surface area (Å²) in [6, 6.07) is 23.6. The van der Waals surface area contributed by atoms with E-state index < -0.39 is 10.0 Å². The van der Waals surface area contributed by atoms with Gasteiger partial charge in [0.1, 0.15) is 0 Å².